The second-order valence-corrected chi connectivity index (χ2v) is 6.25. The number of nitrogens with one attached hydrogen (secondary N) is 2. The van der Waals surface area contributed by atoms with Gasteiger partial charge in [0.2, 0.25) is 5.95 Å². The van der Waals surface area contributed by atoms with Gasteiger partial charge in [-0.1, -0.05) is 17.7 Å². The molecule has 0 unspecified atom stereocenters. The molecule has 0 fully saturated rings. The van der Waals surface area contributed by atoms with Crippen LogP contribution in [0.4, 0.5) is 23.1 Å². The number of anilines is 4. The average Bonchev–Trinajstić information content (AvgIpc) is 2.60. The minimum absolute atomic E-state index is 0.566. The highest BCUT2D eigenvalue weighted by molar-refractivity contribution is 5.65. The van der Waals surface area contributed by atoms with Crippen molar-refractivity contribution in [3.05, 3.63) is 65.4 Å². The van der Waals surface area contributed by atoms with Crippen molar-refractivity contribution in [3.8, 4) is 5.75 Å². The highest BCUT2D eigenvalue weighted by atomic mass is 16.5. The predicted molar refractivity (Wildman–Crippen MR) is 107 cm³/mol. The summed E-state index contributed by atoms with van der Waals surface area (Å²) in [6.45, 7) is 8.90. The third kappa shape index (κ3) is 4.30. The summed E-state index contributed by atoms with van der Waals surface area (Å²) in [5.41, 5.74) is 5.60. The van der Waals surface area contributed by atoms with Gasteiger partial charge in [0.25, 0.3) is 0 Å². The van der Waals surface area contributed by atoms with Gasteiger partial charge in [-0.25, -0.2) is 4.98 Å². The second-order valence-electron chi connectivity index (χ2n) is 6.25. The van der Waals surface area contributed by atoms with Gasteiger partial charge in [0.15, 0.2) is 0 Å². The fourth-order valence-corrected chi connectivity index (χ4v) is 2.93. The quantitative estimate of drug-likeness (QED) is 0.634. The van der Waals surface area contributed by atoms with Crippen LogP contribution in [0.2, 0.25) is 0 Å². The van der Waals surface area contributed by atoms with Crippen LogP contribution in [0.1, 0.15) is 23.6 Å². The Morgan fingerprint density at radius 2 is 1.62 bits per heavy atom. The summed E-state index contributed by atoms with van der Waals surface area (Å²) >= 11 is 0. The van der Waals surface area contributed by atoms with Gasteiger partial charge in [0.1, 0.15) is 11.6 Å². The fourth-order valence-electron chi connectivity index (χ4n) is 2.93. The van der Waals surface area contributed by atoms with Gasteiger partial charge in [-0.2, -0.15) is 4.98 Å². The van der Waals surface area contributed by atoms with Gasteiger partial charge in [-0.3, -0.25) is 0 Å². The number of nitrogens with zero attached hydrogens (tertiary/aromatic N) is 2. The molecule has 2 aromatic carbocycles. The number of rotatable bonds is 6. The predicted octanol–water partition coefficient (Wildman–Crippen LogP) is 5.29. The molecule has 5 heteroatoms. The van der Waals surface area contributed by atoms with E-state index in [1.54, 1.807) is 6.20 Å². The molecule has 134 valence electrons. The largest absolute Gasteiger partial charge is 0.494 e. The first-order valence-electron chi connectivity index (χ1n) is 8.73. The van der Waals surface area contributed by atoms with Crippen molar-refractivity contribution in [1.29, 1.82) is 0 Å². The minimum atomic E-state index is 0.566. The molecule has 3 aromatic rings. The molecule has 0 atom stereocenters. The number of hydrogen-bond acceptors (Lipinski definition) is 5. The number of aryl methyl sites for hydroxylation is 3. The Balaban J connectivity index is 1.76. The molecule has 0 saturated carbocycles. The Morgan fingerprint density at radius 1 is 0.923 bits per heavy atom. The van der Waals surface area contributed by atoms with Crippen LogP contribution in [0.25, 0.3) is 0 Å². The molecule has 0 aliphatic heterocycles. The van der Waals surface area contributed by atoms with E-state index in [1.807, 2.05) is 37.3 Å². The van der Waals surface area contributed by atoms with Gasteiger partial charge >= 0.3 is 0 Å². The molecule has 26 heavy (non-hydrogen) atoms. The first-order chi connectivity index (χ1) is 12.5. The highest BCUT2D eigenvalue weighted by Crippen LogP contribution is 2.25. The maximum atomic E-state index is 5.46. The van der Waals surface area contributed by atoms with E-state index in [1.165, 1.54) is 16.7 Å². The van der Waals surface area contributed by atoms with E-state index in [4.69, 9.17) is 4.74 Å². The van der Waals surface area contributed by atoms with E-state index in [0.717, 1.165) is 22.9 Å². The third-order valence-corrected chi connectivity index (χ3v) is 4.01. The molecule has 1 aromatic heterocycles. The molecule has 0 amide bonds. The molecule has 0 aliphatic rings. The number of hydrogen-bond donors (Lipinski definition) is 2. The molecule has 0 bridgehead atoms. The Hall–Kier alpha value is -3.08. The van der Waals surface area contributed by atoms with Crippen LogP contribution in [0.15, 0.2) is 48.7 Å². The zero-order valence-corrected chi connectivity index (χ0v) is 15.6. The van der Waals surface area contributed by atoms with Crippen molar-refractivity contribution in [2.45, 2.75) is 27.7 Å². The molecule has 0 radical (unpaired) electrons. The Labute approximate surface area is 154 Å². The highest BCUT2D eigenvalue weighted by Gasteiger charge is 2.07. The van der Waals surface area contributed by atoms with Gasteiger partial charge in [0, 0.05) is 17.6 Å². The Morgan fingerprint density at radius 3 is 2.27 bits per heavy atom. The first kappa shape index (κ1) is 17.7. The molecule has 0 aliphatic carbocycles. The van der Waals surface area contributed by atoms with Crippen LogP contribution in [0, 0.1) is 20.8 Å². The molecule has 0 saturated heterocycles. The molecular formula is C21H24N4O. The van der Waals surface area contributed by atoms with Crippen molar-refractivity contribution < 1.29 is 4.74 Å². The van der Waals surface area contributed by atoms with Crippen molar-refractivity contribution >= 4 is 23.1 Å². The second kappa shape index (κ2) is 7.87. The van der Waals surface area contributed by atoms with E-state index in [2.05, 4.69) is 53.5 Å². The summed E-state index contributed by atoms with van der Waals surface area (Å²) in [6.07, 6.45) is 1.74. The minimum Gasteiger partial charge on any atom is -0.494 e. The lowest BCUT2D eigenvalue weighted by Gasteiger charge is -2.13. The van der Waals surface area contributed by atoms with Gasteiger partial charge in [-0.15, -0.1) is 0 Å². The summed E-state index contributed by atoms with van der Waals surface area (Å²) in [6, 6.07) is 13.9. The van der Waals surface area contributed by atoms with Crippen LogP contribution in [-0.4, -0.2) is 16.6 Å². The monoisotopic (exact) mass is 348 g/mol. The van der Waals surface area contributed by atoms with Crippen LogP contribution in [0.5, 0.6) is 5.75 Å². The zero-order chi connectivity index (χ0) is 18.5. The summed E-state index contributed by atoms with van der Waals surface area (Å²) < 4.78 is 5.46. The molecule has 0 spiro atoms. The van der Waals surface area contributed by atoms with Crippen LogP contribution < -0.4 is 15.4 Å². The van der Waals surface area contributed by atoms with Gasteiger partial charge in [0.05, 0.1) is 6.61 Å². The van der Waals surface area contributed by atoms with E-state index < -0.39 is 0 Å². The Bertz CT molecular complexity index is 868. The normalized spacial score (nSPS) is 10.5. The summed E-state index contributed by atoms with van der Waals surface area (Å²) in [5.74, 6) is 2.15. The maximum absolute atomic E-state index is 5.46. The summed E-state index contributed by atoms with van der Waals surface area (Å²) in [5, 5.41) is 6.63. The standard InChI is InChI=1S/C21H24N4O/c1-5-26-18-8-6-17(7-9-18)23-19-10-11-22-21(24-19)25-20-15(3)12-14(2)13-16(20)4/h6-13H,5H2,1-4H3,(H2,22,23,24,25). The first-order valence-corrected chi connectivity index (χ1v) is 8.73. The van der Waals surface area contributed by atoms with Crippen molar-refractivity contribution in [3.63, 3.8) is 0 Å². The molecule has 3 rings (SSSR count). The number of benzene rings is 2. The number of aromatic nitrogens is 2. The van der Waals surface area contributed by atoms with E-state index in [-0.39, 0.29) is 0 Å². The lowest BCUT2D eigenvalue weighted by molar-refractivity contribution is 0.340. The smallest absolute Gasteiger partial charge is 0.229 e. The summed E-state index contributed by atoms with van der Waals surface area (Å²) in [4.78, 5) is 8.90. The van der Waals surface area contributed by atoms with E-state index >= 15 is 0 Å². The Kier molecular flexibility index (Phi) is 5.37. The van der Waals surface area contributed by atoms with Gasteiger partial charge < -0.3 is 15.4 Å². The zero-order valence-electron chi connectivity index (χ0n) is 15.6. The maximum Gasteiger partial charge on any atom is 0.229 e. The van der Waals surface area contributed by atoms with Crippen molar-refractivity contribution in [2.75, 3.05) is 17.2 Å². The van der Waals surface area contributed by atoms with Crippen molar-refractivity contribution in [1.82, 2.24) is 9.97 Å². The van der Waals surface area contributed by atoms with E-state index in [9.17, 15) is 0 Å². The number of ether oxygens (including phenoxy) is 1. The lowest BCUT2D eigenvalue weighted by Crippen LogP contribution is -2.03. The SMILES string of the molecule is CCOc1ccc(Nc2ccnc(Nc3c(C)cc(C)cc3C)n2)cc1. The summed E-state index contributed by atoms with van der Waals surface area (Å²) in [7, 11) is 0. The fraction of sp³-hybridized carbons (Fsp3) is 0.238. The lowest BCUT2D eigenvalue weighted by atomic mass is 10.1. The van der Waals surface area contributed by atoms with Crippen molar-refractivity contribution in [2.24, 2.45) is 0 Å². The van der Waals surface area contributed by atoms with Crippen LogP contribution >= 0.6 is 0 Å². The molecule has 5 nitrogen and oxygen atoms in total. The topological polar surface area (TPSA) is 59.1 Å². The molecule has 1 heterocycles. The molecule has 2 N–H and O–H groups in total. The van der Waals surface area contributed by atoms with Crippen LogP contribution in [-0.2, 0) is 0 Å². The van der Waals surface area contributed by atoms with Crippen LogP contribution in [0.3, 0.4) is 0 Å². The average molecular weight is 348 g/mol. The van der Waals surface area contributed by atoms with E-state index in [0.29, 0.717) is 12.6 Å². The van der Waals surface area contributed by atoms with Gasteiger partial charge in [-0.05, 0) is 69.2 Å². The third-order valence-electron chi connectivity index (χ3n) is 4.01. The molecular weight excluding hydrogens is 324 g/mol.